The van der Waals surface area contributed by atoms with Gasteiger partial charge in [-0.2, -0.15) is 0 Å². The fourth-order valence-corrected chi connectivity index (χ4v) is 3.68. The van der Waals surface area contributed by atoms with E-state index >= 15 is 0 Å². The Morgan fingerprint density at radius 3 is 2.50 bits per heavy atom. The van der Waals surface area contributed by atoms with Crippen molar-refractivity contribution in [3.05, 3.63) is 72.7 Å². The van der Waals surface area contributed by atoms with Crippen LogP contribution < -0.4 is 11.1 Å². The number of aldehydes is 1. The first-order valence-corrected chi connectivity index (χ1v) is 9.80. The summed E-state index contributed by atoms with van der Waals surface area (Å²) < 4.78 is 2.16. The van der Waals surface area contributed by atoms with Gasteiger partial charge in [0.2, 0.25) is 5.78 Å². The quantitative estimate of drug-likeness (QED) is 0.243. The van der Waals surface area contributed by atoms with Gasteiger partial charge in [0, 0.05) is 46.7 Å². The van der Waals surface area contributed by atoms with Gasteiger partial charge in [-0.1, -0.05) is 36.4 Å². The summed E-state index contributed by atoms with van der Waals surface area (Å²) in [6.45, 7) is 4.65. The number of fused-ring (bicyclic) bond motifs is 1. The molecule has 4 rings (SSSR count). The minimum atomic E-state index is -0.606. The Balaban J connectivity index is 1.95. The van der Waals surface area contributed by atoms with Gasteiger partial charge < -0.3 is 20.6 Å². The zero-order valence-electron chi connectivity index (χ0n) is 17.0. The number of anilines is 2. The van der Waals surface area contributed by atoms with Crippen molar-refractivity contribution in [1.29, 1.82) is 0 Å². The number of carbonyl (C=O) groups is 2. The standard InChI is InChI=1S/C24H24N4O2/c1-24(2,15-25)28-13-19(17-10-6-7-11-20(17)28)18-12-26-23(21(30)14-29)22(18)27-16-8-4-3-5-9-16/h3-14,26-27H,15,25H2,1-2H3. The molecule has 4 N–H and O–H groups in total. The Bertz CT molecular complexity index is 1220. The molecule has 2 aromatic heterocycles. The van der Waals surface area contributed by atoms with Crippen molar-refractivity contribution < 1.29 is 9.59 Å². The highest BCUT2D eigenvalue weighted by atomic mass is 16.2. The number of aromatic amines is 1. The van der Waals surface area contributed by atoms with Crippen molar-refractivity contribution in [2.24, 2.45) is 5.73 Å². The number of benzene rings is 2. The summed E-state index contributed by atoms with van der Waals surface area (Å²) in [4.78, 5) is 26.5. The van der Waals surface area contributed by atoms with E-state index in [1.807, 2.05) is 48.5 Å². The summed E-state index contributed by atoms with van der Waals surface area (Å²) in [7, 11) is 0. The van der Waals surface area contributed by atoms with Gasteiger partial charge in [0.15, 0.2) is 6.29 Å². The molecule has 0 fully saturated rings. The summed E-state index contributed by atoms with van der Waals surface area (Å²) in [6, 6.07) is 17.6. The van der Waals surface area contributed by atoms with Crippen LogP contribution in [0.15, 0.2) is 67.0 Å². The molecule has 0 atom stereocenters. The van der Waals surface area contributed by atoms with Gasteiger partial charge in [0.05, 0.1) is 11.2 Å². The molecule has 0 amide bonds. The largest absolute Gasteiger partial charge is 0.356 e. The van der Waals surface area contributed by atoms with Gasteiger partial charge in [-0.25, -0.2) is 0 Å². The Morgan fingerprint density at radius 2 is 1.80 bits per heavy atom. The number of nitrogens with one attached hydrogen (secondary N) is 2. The predicted octanol–water partition coefficient (Wildman–Crippen LogP) is 4.46. The predicted molar refractivity (Wildman–Crippen MR) is 120 cm³/mol. The summed E-state index contributed by atoms with van der Waals surface area (Å²) >= 11 is 0. The van der Waals surface area contributed by atoms with Crippen molar-refractivity contribution in [3.8, 4) is 11.1 Å². The third-order valence-corrected chi connectivity index (χ3v) is 5.43. The number of hydrogen-bond donors (Lipinski definition) is 3. The fourth-order valence-electron chi connectivity index (χ4n) is 3.68. The normalized spacial score (nSPS) is 11.6. The van der Waals surface area contributed by atoms with Crippen molar-refractivity contribution >= 4 is 34.3 Å². The fraction of sp³-hybridized carbons (Fsp3) is 0.167. The second kappa shape index (κ2) is 7.65. The average molecular weight is 400 g/mol. The molecule has 0 radical (unpaired) electrons. The van der Waals surface area contributed by atoms with Crippen LogP contribution in [-0.4, -0.2) is 28.2 Å². The third kappa shape index (κ3) is 3.31. The average Bonchev–Trinajstić information content (AvgIpc) is 3.36. The van der Waals surface area contributed by atoms with E-state index in [4.69, 9.17) is 5.73 Å². The van der Waals surface area contributed by atoms with Crippen molar-refractivity contribution in [1.82, 2.24) is 9.55 Å². The molecule has 0 aliphatic carbocycles. The Morgan fingerprint density at radius 1 is 1.10 bits per heavy atom. The van der Waals surface area contributed by atoms with Gasteiger partial charge in [0.25, 0.3) is 0 Å². The molecule has 152 valence electrons. The van der Waals surface area contributed by atoms with Crippen LogP contribution in [0.3, 0.4) is 0 Å². The molecule has 6 nitrogen and oxygen atoms in total. The Labute approximate surface area is 174 Å². The number of carbonyl (C=O) groups excluding carboxylic acids is 2. The maximum Gasteiger partial charge on any atom is 0.243 e. The molecule has 0 unspecified atom stereocenters. The number of aromatic nitrogens is 2. The summed E-state index contributed by atoms with van der Waals surface area (Å²) in [6.07, 6.45) is 4.15. The number of nitrogens with zero attached hydrogens (tertiary/aromatic N) is 1. The van der Waals surface area contributed by atoms with E-state index in [1.165, 1.54) is 0 Å². The van der Waals surface area contributed by atoms with Gasteiger partial charge in [-0.05, 0) is 32.0 Å². The molecule has 0 bridgehead atoms. The van der Waals surface area contributed by atoms with Gasteiger partial charge in [0.1, 0.15) is 5.69 Å². The zero-order chi connectivity index (χ0) is 21.3. The van der Waals surface area contributed by atoms with E-state index < -0.39 is 5.78 Å². The van der Waals surface area contributed by atoms with E-state index in [9.17, 15) is 9.59 Å². The highest BCUT2D eigenvalue weighted by Crippen LogP contribution is 2.40. The summed E-state index contributed by atoms with van der Waals surface area (Å²) in [5.74, 6) is -0.606. The minimum absolute atomic E-state index is 0.235. The first-order valence-electron chi connectivity index (χ1n) is 9.80. The lowest BCUT2D eigenvalue weighted by atomic mass is 10.0. The number of rotatable bonds is 7. The van der Waals surface area contributed by atoms with Crippen molar-refractivity contribution in [2.45, 2.75) is 19.4 Å². The molecular weight excluding hydrogens is 376 g/mol. The number of para-hydroxylation sites is 2. The minimum Gasteiger partial charge on any atom is -0.356 e. The van der Waals surface area contributed by atoms with Crippen LogP contribution in [0, 0.1) is 0 Å². The van der Waals surface area contributed by atoms with E-state index in [0.29, 0.717) is 18.5 Å². The Kier molecular flexibility index (Phi) is 5.01. The molecule has 6 heteroatoms. The number of hydrogen-bond acceptors (Lipinski definition) is 4. The highest BCUT2D eigenvalue weighted by Gasteiger charge is 2.25. The van der Waals surface area contributed by atoms with Gasteiger partial charge in [-0.3, -0.25) is 9.59 Å². The summed E-state index contributed by atoms with van der Waals surface area (Å²) in [5.41, 5.74) is 10.2. The summed E-state index contributed by atoms with van der Waals surface area (Å²) in [5, 5.41) is 4.36. The topological polar surface area (TPSA) is 92.9 Å². The molecule has 0 aliphatic rings. The molecule has 30 heavy (non-hydrogen) atoms. The SMILES string of the molecule is CC(C)(CN)n1cc(-c2c[nH]c(C(=O)C=O)c2Nc2ccccc2)c2ccccc21. The maximum atomic E-state index is 12.3. The first kappa shape index (κ1) is 19.7. The molecular formula is C24H24N4O2. The van der Waals surface area contributed by atoms with Crippen LogP contribution in [0.5, 0.6) is 0 Å². The van der Waals surface area contributed by atoms with Crippen LogP contribution >= 0.6 is 0 Å². The molecule has 2 aromatic carbocycles. The maximum absolute atomic E-state index is 12.3. The monoisotopic (exact) mass is 400 g/mol. The Hall–Kier alpha value is -3.64. The lowest BCUT2D eigenvalue weighted by molar-refractivity contribution is -0.104. The van der Waals surface area contributed by atoms with E-state index in [1.54, 1.807) is 6.20 Å². The molecule has 0 saturated carbocycles. The second-order valence-corrected chi connectivity index (χ2v) is 7.87. The number of Topliss-reactive ketones (excluding diaryl/α,β-unsaturated/α-hetero) is 1. The van der Waals surface area contributed by atoms with Crippen LogP contribution in [0.1, 0.15) is 24.3 Å². The van der Waals surface area contributed by atoms with E-state index in [2.05, 4.69) is 41.0 Å². The molecule has 0 aliphatic heterocycles. The van der Waals surface area contributed by atoms with E-state index in [-0.39, 0.29) is 11.2 Å². The van der Waals surface area contributed by atoms with Gasteiger partial charge >= 0.3 is 0 Å². The highest BCUT2D eigenvalue weighted by molar-refractivity contribution is 6.35. The van der Waals surface area contributed by atoms with Gasteiger partial charge in [-0.15, -0.1) is 0 Å². The molecule has 4 aromatic rings. The van der Waals surface area contributed by atoms with Crippen molar-refractivity contribution in [3.63, 3.8) is 0 Å². The third-order valence-electron chi connectivity index (χ3n) is 5.43. The molecule has 2 heterocycles. The number of ketones is 1. The van der Waals surface area contributed by atoms with Crippen LogP contribution in [-0.2, 0) is 10.3 Å². The smallest absolute Gasteiger partial charge is 0.243 e. The van der Waals surface area contributed by atoms with Crippen LogP contribution in [0.2, 0.25) is 0 Å². The molecule has 0 saturated heterocycles. The number of nitrogens with two attached hydrogens (primary N) is 1. The van der Waals surface area contributed by atoms with Crippen LogP contribution in [0.25, 0.3) is 22.0 Å². The first-order chi connectivity index (χ1) is 14.5. The second-order valence-electron chi connectivity index (χ2n) is 7.87. The number of H-pyrrole nitrogens is 1. The zero-order valence-corrected chi connectivity index (χ0v) is 17.0. The van der Waals surface area contributed by atoms with E-state index in [0.717, 1.165) is 27.7 Å². The lowest BCUT2D eigenvalue weighted by Crippen LogP contribution is -2.34. The van der Waals surface area contributed by atoms with Crippen LogP contribution in [0.4, 0.5) is 11.4 Å². The lowest BCUT2D eigenvalue weighted by Gasteiger charge is -2.26. The molecule has 0 spiro atoms. The van der Waals surface area contributed by atoms with Crippen molar-refractivity contribution in [2.75, 3.05) is 11.9 Å².